The fourth-order valence-corrected chi connectivity index (χ4v) is 3.59. The van der Waals surface area contributed by atoms with Gasteiger partial charge in [-0.15, -0.1) is 10.2 Å². The molecule has 8 heteroatoms. The maximum Gasteiger partial charge on any atom is 0.261 e. The van der Waals surface area contributed by atoms with Crippen LogP contribution in [0.4, 0.5) is 9.52 Å². The number of rotatable bonds is 5. The smallest absolute Gasteiger partial charge is 0.261 e. The minimum absolute atomic E-state index is 0.242. The molecule has 0 spiro atoms. The number of furan rings is 1. The second-order valence-electron chi connectivity index (χ2n) is 4.60. The fourth-order valence-electron chi connectivity index (χ4n) is 1.86. The van der Waals surface area contributed by atoms with Gasteiger partial charge in [0.25, 0.3) is 5.91 Å². The van der Waals surface area contributed by atoms with E-state index in [1.54, 1.807) is 31.2 Å². The van der Waals surface area contributed by atoms with Gasteiger partial charge in [-0.2, -0.15) is 0 Å². The molecule has 1 aromatic carbocycles. The van der Waals surface area contributed by atoms with Crippen molar-refractivity contribution in [1.29, 1.82) is 0 Å². The van der Waals surface area contributed by atoms with Gasteiger partial charge in [-0.05, 0) is 24.6 Å². The monoisotopic (exact) mass is 349 g/mol. The molecule has 0 aliphatic heterocycles. The minimum atomic E-state index is -0.293. The van der Waals surface area contributed by atoms with Crippen LogP contribution in [-0.2, 0) is 5.75 Å². The summed E-state index contributed by atoms with van der Waals surface area (Å²) in [5.41, 5.74) is 1.06. The van der Waals surface area contributed by atoms with Crippen molar-refractivity contribution in [2.75, 3.05) is 5.32 Å². The number of benzene rings is 1. The van der Waals surface area contributed by atoms with Gasteiger partial charge in [-0.1, -0.05) is 41.3 Å². The van der Waals surface area contributed by atoms with Crippen LogP contribution in [0.3, 0.4) is 0 Å². The predicted molar refractivity (Wildman–Crippen MR) is 87.3 cm³/mol. The molecule has 5 nitrogen and oxygen atoms in total. The molecule has 118 valence electrons. The van der Waals surface area contributed by atoms with Gasteiger partial charge in [0.15, 0.2) is 4.34 Å². The molecule has 3 rings (SSSR count). The normalized spacial score (nSPS) is 10.7. The Bertz CT molecular complexity index is 832. The van der Waals surface area contributed by atoms with Crippen LogP contribution in [0.15, 0.2) is 45.4 Å². The number of thioether (sulfide) groups is 1. The molecule has 0 bridgehead atoms. The van der Waals surface area contributed by atoms with Gasteiger partial charge in [-0.3, -0.25) is 10.1 Å². The molecule has 3 aromatic rings. The highest BCUT2D eigenvalue weighted by Crippen LogP contribution is 2.29. The zero-order valence-corrected chi connectivity index (χ0v) is 13.7. The highest BCUT2D eigenvalue weighted by molar-refractivity contribution is 8.00. The number of anilines is 1. The minimum Gasteiger partial charge on any atom is -0.469 e. The van der Waals surface area contributed by atoms with Crippen molar-refractivity contribution < 1.29 is 13.6 Å². The topological polar surface area (TPSA) is 68.0 Å². The second-order valence-corrected chi connectivity index (χ2v) is 6.80. The van der Waals surface area contributed by atoms with E-state index in [-0.39, 0.29) is 11.7 Å². The second kappa shape index (κ2) is 6.93. The number of carbonyl (C=O) groups is 1. The maximum atomic E-state index is 13.6. The molecular weight excluding hydrogens is 337 g/mol. The lowest BCUT2D eigenvalue weighted by molar-refractivity contribution is 0.102. The Morgan fingerprint density at radius 3 is 2.91 bits per heavy atom. The lowest BCUT2D eigenvalue weighted by atomic mass is 10.2. The molecule has 2 heterocycles. The van der Waals surface area contributed by atoms with E-state index >= 15 is 0 Å². The number of halogens is 1. The summed E-state index contributed by atoms with van der Waals surface area (Å²) in [6.07, 6.45) is 1.46. The Morgan fingerprint density at radius 1 is 1.35 bits per heavy atom. The van der Waals surface area contributed by atoms with Crippen molar-refractivity contribution in [3.05, 3.63) is 59.3 Å². The standard InChI is InChI=1S/C15H12FN3O2S2/c1-9-11(6-7-21-9)13(20)17-14-18-19-15(23-14)22-8-10-4-2-3-5-12(10)16/h2-7H,8H2,1H3,(H,17,18,20). The third-order valence-corrected chi connectivity index (χ3v) is 5.06. The highest BCUT2D eigenvalue weighted by Gasteiger charge is 2.14. The average molecular weight is 349 g/mol. The lowest BCUT2D eigenvalue weighted by Gasteiger charge is -2.00. The molecule has 0 saturated carbocycles. The molecular formula is C15H12FN3O2S2. The molecule has 0 radical (unpaired) electrons. The number of amides is 1. The van der Waals surface area contributed by atoms with E-state index in [1.807, 2.05) is 0 Å². The van der Waals surface area contributed by atoms with E-state index in [0.717, 1.165) is 0 Å². The van der Waals surface area contributed by atoms with E-state index in [0.29, 0.717) is 32.1 Å². The summed E-state index contributed by atoms with van der Waals surface area (Å²) in [5, 5.41) is 11.0. The zero-order chi connectivity index (χ0) is 16.2. The Labute approximate surface area is 139 Å². The van der Waals surface area contributed by atoms with Gasteiger partial charge in [-0.25, -0.2) is 4.39 Å². The summed E-state index contributed by atoms with van der Waals surface area (Å²) in [7, 11) is 0. The van der Waals surface area contributed by atoms with Gasteiger partial charge in [0.05, 0.1) is 11.8 Å². The summed E-state index contributed by atoms with van der Waals surface area (Å²) in [5.74, 6) is 0.462. The summed E-state index contributed by atoms with van der Waals surface area (Å²) in [4.78, 5) is 12.0. The average Bonchev–Trinajstić information content (AvgIpc) is 3.15. The predicted octanol–water partition coefficient (Wildman–Crippen LogP) is 4.12. The molecule has 0 aliphatic carbocycles. The first kappa shape index (κ1) is 15.7. The van der Waals surface area contributed by atoms with Crippen molar-refractivity contribution in [2.24, 2.45) is 0 Å². The SMILES string of the molecule is Cc1occc1C(=O)Nc1nnc(SCc2ccccc2F)s1. The van der Waals surface area contributed by atoms with E-state index in [2.05, 4.69) is 15.5 Å². The van der Waals surface area contributed by atoms with Gasteiger partial charge in [0, 0.05) is 5.75 Å². The molecule has 1 N–H and O–H groups in total. The molecule has 1 amide bonds. The van der Waals surface area contributed by atoms with Crippen molar-refractivity contribution >= 4 is 34.1 Å². The van der Waals surface area contributed by atoms with Crippen LogP contribution in [-0.4, -0.2) is 16.1 Å². The van der Waals surface area contributed by atoms with Gasteiger partial charge < -0.3 is 4.42 Å². The van der Waals surface area contributed by atoms with Crippen LogP contribution in [0.5, 0.6) is 0 Å². The van der Waals surface area contributed by atoms with Gasteiger partial charge in [0.2, 0.25) is 5.13 Å². The van der Waals surface area contributed by atoms with Crippen molar-refractivity contribution in [1.82, 2.24) is 10.2 Å². The number of carbonyl (C=O) groups excluding carboxylic acids is 1. The number of hydrogen-bond acceptors (Lipinski definition) is 6. The summed E-state index contributed by atoms with van der Waals surface area (Å²) in [6.45, 7) is 1.71. The number of hydrogen-bond donors (Lipinski definition) is 1. The van der Waals surface area contributed by atoms with Crippen molar-refractivity contribution in [2.45, 2.75) is 17.0 Å². The van der Waals surface area contributed by atoms with E-state index in [1.165, 1.54) is 35.4 Å². The Hall–Kier alpha value is -2.19. The number of nitrogens with one attached hydrogen (secondary N) is 1. The number of aryl methyl sites for hydroxylation is 1. The van der Waals surface area contributed by atoms with Crippen LogP contribution in [0.1, 0.15) is 21.7 Å². The first-order chi connectivity index (χ1) is 11.1. The first-order valence-electron chi connectivity index (χ1n) is 6.68. The van der Waals surface area contributed by atoms with Crippen LogP contribution in [0, 0.1) is 12.7 Å². The van der Waals surface area contributed by atoms with Crippen molar-refractivity contribution in [3.63, 3.8) is 0 Å². The van der Waals surface area contributed by atoms with Gasteiger partial charge in [0.1, 0.15) is 11.6 Å². The molecule has 0 aliphatic rings. The van der Waals surface area contributed by atoms with E-state index < -0.39 is 0 Å². The molecule has 2 aromatic heterocycles. The zero-order valence-electron chi connectivity index (χ0n) is 12.1. The summed E-state index contributed by atoms with van der Waals surface area (Å²) >= 11 is 2.62. The Balaban J connectivity index is 1.61. The lowest BCUT2D eigenvalue weighted by Crippen LogP contribution is -2.11. The largest absolute Gasteiger partial charge is 0.469 e. The van der Waals surface area contributed by atoms with Gasteiger partial charge >= 0.3 is 0 Å². The summed E-state index contributed by atoms with van der Waals surface area (Å²) in [6, 6.07) is 8.19. The third kappa shape index (κ3) is 3.77. The first-order valence-corrected chi connectivity index (χ1v) is 8.49. The van der Waals surface area contributed by atoms with E-state index in [4.69, 9.17) is 4.42 Å². The third-order valence-electron chi connectivity index (χ3n) is 3.04. The quantitative estimate of drug-likeness (QED) is 0.554. The summed E-state index contributed by atoms with van der Waals surface area (Å²) < 4.78 is 19.3. The van der Waals surface area contributed by atoms with Crippen LogP contribution in [0.25, 0.3) is 0 Å². The Morgan fingerprint density at radius 2 is 2.17 bits per heavy atom. The molecule has 23 heavy (non-hydrogen) atoms. The van der Waals surface area contributed by atoms with Crippen LogP contribution in [0.2, 0.25) is 0 Å². The van der Waals surface area contributed by atoms with E-state index in [9.17, 15) is 9.18 Å². The molecule has 0 unspecified atom stereocenters. The maximum absolute atomic E-state index is 13.6. The Kier molecular flexibility index (Phi) is 4.73. The fraction of sp³-hybridized carbons (Fsp3) is 0.133. The van der Waals surface area contributed by atoms with Crippen LogP contribution >= 0.6 is 23.1 Å². The number of aromatic nitrogens is 2. The van der Waals surface area contributed by atoms with Crippen LogP contribution < -0.4 is 5.32 Å². The molecule has 0 atom stereocenters. The molecule has 0 saturated heterocycles. The van der Waals surface area contributed by atoms with Crippen molar-refractivity contribution in [3.8, 4) is 0 Å². The highest BCUT2D eigenvalue weighted by atomic mass is 32.2. The molecule has 0 fully saturated rings. The number of nitrogens with zero attached hydrogens (tertiary/aromatic N) is 2.